The zero-order valence-corrected chi connectivity index (χ0v) is 18.4. The first-order valence-electron chi connectivity index (χ1n) is 11.0. The fourth-order valence-electron chi connectivity index (χ4n) is 4.05. The molecule has 2 heterocycles. The molecular weight excluding hydrogens is 426 g/mol. The zero-order chi connectivity index (χ0) is 22.1. The van der Waals surface area contributed by atoms with Crippen molar-refractivity contribution in [3.05, 3.63) is 76.8 Å². The summed E-state index contributed by atoms with van der Waals surface area (Å²) in [7, 11) is 0. The van der Waals surface area contributed by atoms with Crippen LogP contribution in [0.3, 0.4) is 0 Å². The van der Waals surface area contributed by atoms with Crippen molar-refractivity contribution in [3.63, 3.8) is 0 Å². The van der Waals surface area contributed by atoms with Gasteiger partial charge in [0, 0.05) is 32.1 Å². The Morgan fingerprint density at radius 1 is 0.844 bits per heavy atom. The summed E-state index contributed by atoms with van der Waals surface area (Å²) < 4.78 is 1.80. The molecule has 8 heteroatoms. The molecule has 2 amide bonds. The predicted molar refractivity (Wildman–Crippen MR) is 121 cm³/mol. The lowest BCUT2D eigenvalue weighted by atomic mass is 10.2. The lowest BCUT2D eigenvalue weighted by Gasteiger charge is -2.22. The summed E-state index contributed by atoms with van der Waals surface area (Å²) in [6, 6.07) is 16.9. The molecule has 3 aromatic rings. The number of halogens is 1. The highest BCUT2D eigenvalue weighted by atomic mass is 35.5. The number of nitrogens with zero attached hydrogens (tertiary/aromatic N) is 5. The topological polar surface area (TPSA) is 71.3 Å². The van der Waals surface area contributed by atoms with Crippen LogP contribution in [0.1, 0.15) is 52.0 Å². The SMILES string of the molecule is O=C(c1nc(C2CC2)n(-c2ccccc2)n1)N1CCCN(C(=O)c2ccccc2Cl)CC1. The smallest absolute Gasteiger partial charge is 0.293 e. The van der Waals surface area contributed by atoms with E-state index in [0.717, 1.165) is 24.4 Å². The van der Waals surface area contributed by atoms with Crippen LogP contribution in [0.5, 0.6) is 0 Å². The van der Waals surface area contributed by atoms with E-state index in [1.54, 1.807) is 38.7 Å². The van der Waals surface area contributed by atoms with Crippen molar-refractivity contribution >= 4 is 23.4 Å². The van der Waals surface area contributed by atoms with Crippen molar-refractivity contribution in [2.24, 2.45) is 0 Å². The number of benzene rings is 2. The average molecular weight is 450 g/mol. The molecule has 2 fully saturated rings. The van der Waals surface area contributed by atoms with Crippen LogP contribution in [0.25, 0.3) is 5.69 Å². The number of aromatic nitrogens is 3. The maximum atomic E-state index is 13.3. The molecule has 7 nitrogen and oxygen atoms in total. The van der Waals surface area contributed by atoms with E-state index >= 15 is 0 Å². The summed E-state index contributed by atoms with van der Waals surface area (Å²) in [5.41, 5.74) is 1.40. The third-order valence-electron chi connectivity index (χ3n) is 5.94. The molecule has 1 aliphatic heterocycles. The van der Waals surface area contributed by atoms with Crippen molar-refractivity contribution in [2.45, 2.75) is 25.2 Å². The number of hydrogen-bond acceptors (Lipinski definition) is 4. The van der Waals surface area contributed by atoms with E-state index in [2.05, 4.69) is 10.1 Å². The second kappa shape index (κ2) is 8.74. The molecule has 0 atom stereocenters. The molecule has 0 bridgehead atoms. The first kappa shape index (κ1) is 20.7. The fraction of sp³-hybridized carbons (Fsp3) is 0.333. The number of hydrogen-bond donors (Lipinski definition) is 0. The monoisotopic (exact) mass is 449 g/mol. The van der Waals surface area contributed by atoms with Gasteiger partial charge in [-0.25, -0.2) is 9.67 Å². The van der Waals surface area contributed by atoms with Gasteiger partial charge in [0.15, 0.2) is 0 Å². The van der Waals surface area contributed by atoms with Gasteiger partial charge in [-0.15, -0.1) is 5.10 Å². The minimum atomic E-state index is -0.186. The molecule has 1 saturated carbocycles. The van der Waals surface area contributed by atoms with Crippen molar-refractivity contribution in [3.8, 4) is 5.69 Å². The highest BCUT2D eigenvalue weighted by Gasteiger charge is 2.33. The van der Waals surface area contributed by atoms with E-state index in [0.29, 0.717) is 49.1 Å². The van der Waals surface area contributed by atoms with Crippen LogP contribution in [0, 0.1) is 0 Å². The van der Waals surface area contributed by atoms with E-state index in [4.69, 9.17) is 11.6 Å². The molecule has 1 aromatic heterocycles. The molecule has 2 aromatic carbocycles. The Morgan fingerprint density at radius 3 is 2.19 bits per heavy atom. The normalized spacial score (nSPS) is 16.7. The van der Waals surface area contributed by atoms with Crippen LogP contribution in [0.2, 0.25) is 5.02 Å². The van der Waals surface area contributed by atoms with Gasteiger partial charge in [-0.3, -0.25) is 9.59 Å². The number of rotatable bonds is 4. The molecule has 0 radical (unpaired) electrons. The van der Waals surface area contributed by atoms with Crippen LogP contribution in [0.4, 0.5) is 0 Å². The lowest BCUT2D eigenvalue weighted by molar-refractivity contribution is 0.0712. The van der Waals surface area contributed by atoms with Gasteiger partial charge in [-0.05, 0) is 43.5 Å². The van der Waals surface area contributed by atoms with Gasteiger partial charge in [-0.1, -0.05) is 41.9 Å². The summed E-state index contributed by atoms with van der Waals surface area (Å²) in [5, 5.41) is 5.02. The molecule has 164 valence electrons. The second-order valence-corrected chi connectivity index (χ2v) is 8.64. The Labute approximate surface area is 191 Å². The maximum Gasteiger partial charge on any atom is 0.293 e. The predicted octanol–water partition coefficient (Wildman–Crippen LogP) is 3.79. The van der Waals surface area contributed by atoms with Crippen molar-refractivity contribution in [1.29, 1.82) is 0 Å². The highest BCUT2D eigenvalue weighted by Crippen LogP contribution is 2.39. The molecule has 0 N–H and O–H groups in total. The van der Waals surface area contributed by atoms with E-state index in [1.165, 1.54) is 0 Å². The van der Waals surface area contributed by atoms with E-state index < -0.39 is 0 Å². The van der Waals surface area contributed by atoms with Gasteiger partial charge in [-0.2, -0.15) is 0 Å². The van der Waals surface area contributed by atoms with E-state index in [1.807, 2.05) is 30.3 Å². The summed E-state index contributed by atoms with van der Waals surface area (Å²) in [6.45, 7) is 2.02. The van der Waals surface area contributed by atoms with Crippen LogP contribution in [0.15, 0.2) is 54.6 Å². The summed E-state index contributed by atoms with van der Waals surface area (Å²) >= 11 is 6.21. The Kier molecular flexibility index (Phi) is 5.66. The average Bonchev–Trinajstić information content (AvgIpc) is 3.62. The van der Waals surface area contributed by atoms with E-state index in [-0.39, 0.29) is 17.6 Å². The molecule has 32 heavy (non-hydrogen) atoms. The summed E-state index contributed by atoms with van der Waals surface area (Å²) in [4.78, 5) is 34.3. The Morgan fingerprint density at radius 2 is 1.50 bits per heavy atom. The van der Waals surface area contributed by atoms with Gasteiger partial charge in [0.25, 0.3) is 11.8 Å². The van der Waals surface area contributed by atoms with Gasteiger partial charge in [0.2, 0.25) is 5.82 Å². The Balaban J connectivity index is 1.32. The lowest BCUT2D eigenvalue weighted by Crippen LogP contribution is -2.37. The standard InChI is InChI=1S/C24H24ClN5O2/c25-20-10-5-4-9-19(20)23(31)28-13-6-14-29(16-15-28)24(32)21-26-22(17-11-12-17)30(27-21)18-7-2-1-3-8-18/h1-5,7-10,17H,6,11-16H2. The molecular formula is C24H24ClN5O2. The van der Waals surface area contributed by atoms with Crippen LogP contribution < -0.4 is 0 Å². The van der Waals surface area contributed by atoms with Gasteiger partial charge >= 0.3 is 0 Å². The number of carbonyl (C=O) groups excluding carboxylic acids is 2. The first-order chi connectivity index (χ1) is 15.6. The van der Waals surface area contributed by atoms with Crippen LogP contribution in [-0.2, 0) is 0 Å². The van der Waals surface area contributed by atoms with Gasteiger partial charge in [0.1, 0.15) is 5.82 Å². The molecule has 1 aliphatic carbocycles. The minimum Gasteiger partial charge on any atom is -0.337 e. The minimum absolute atomic E-state index is 0.104. The van der Waals surface area contributed by atoms with Crippen molar-refractivity contribution in [2.75, 3.05) is 26.2 Å². The van der Waals surface area contributed by atoms with Crippen LogP contribution >= 0.6 is 11.6 Å². The van der Waals surface area contributed by atoms with E-state index in [9.17, 15) is 9.59 Å². The van der Waals surface area contributed by atoms with Crippen molar-refractivity contribution < 1.29 is 9.59 Å². The molecule has 2 aliphatic rings. The van der Waals surface area contributed by atoms with Gasteiger partial charge < -0.3 is 9.80 Å². The molecule has 5 rings (SSSR count). The second-order valence-electron chi connectivity index (χ2n) is 8.23. The molecule has 1 saturated heterocycles. The molecule has 0 spiro atoms. The Hall–Kier alpha value is -3.19. The summed E-state index contributed by atoms with van der Waals surface area (Å²) in [6.07, 6.45) is 2.83. The molecule has 0 unspecified atom stereocenters. The quantitative estimate of drug-likeness (QED) is 0.607. The van der Waals surface area contributed by atoms with Crippen LogP contribution in [-0.4, -0.2) is 62.6 Å². The Bertz CT molecular complexity index is 1140. The van der Waals surface area contributed by atoms with Crippen molar-refractivity contribution in [1.82, 2.24) is 24.6 Å². The number of para-hydroxylation sites is 1. The zero-order valence-electron chi connectivity index (χ0n) is 17.7. The number of amides is 2. The van der Waals surface area contributed by atoms with Gasteiger partial charge in [0.05, 0.1) is 16.3 Å². The largest absolute Gasteiger partial charge is 0.337 e. The summed E-state index contributed by atoms with van der Waals surface area (Å²) in [5.74, 6) is 1.14. The third kappa shape index (κ3) is 4.12. The fourth-order valence-corrected chi connectivity index (χ4v) is 4.27. The third-order valence-corrected chi connectivity index (χ3v) is 6.27. The number of carbonyl (C=O) groups is 2. The highest BCUT2D eigenvalue weighted by molar-refractivity contribution is 6.33. The maximum absolute atomic E-state index is 13.3. The first-order valence-corrected chi connectivity index (χ1v) is 11.3.